The number of nitrogens with zero attached hydrogens (tertiary/aromatic N) is 1. The van der Waals surface area contributed by atoms with Crippen molar-refractivity contribution < 1.29 is 13.9 Å². The minimum Gasteiger partial charge on any atom is -0.494 e. The first-order valence-corrected chi connectivity index (χ1v) is 5.33. The van der Waals surface area contributed by atoms with Crippen LogP contribution in [0.15, 0.2) is 18.2 Å². The molecule has 1 atom stereocenters. The Balaban J connectivity index is 2.36. The number of ether oxygens (including phenoxy) is 1. The number of methoxy groups -OCH3 is 1. The summed E-state index contributed by atoms with van der Waals surface area (Å²) in [7, 11) is 1.44. The molecule has 0 N–H and O–H groups in total. The highest BCUT2D eigenvalue weighted by Crippen LogP contribution is 2.32. The molecule has 0 bridgehead atoms. The predicted molar refractivity (Wildman–Crippen MR) is 59.6 cm³/mol. The number of hydrogen-bond acceptors (Lipinski definition) is 2. The number of anilines is 1. The molecular weight excluding hydrogens is 233 g/mol. The van der Waals surface area contributed by atoms with Gasteiger partial charge in [-0.2, -0.15) is 0 Å². The SMILES string of the molecule is COc1cc(F)ccc1N1CC(Cl)CC1=O. The van der Waals surface area contributed by atoms with E-state index < -0.39 is 5.82 Å². The lowest BCUT2D eigenvalue weighted by Crippen LogP contribution is -2.25. The van der Waals surface area contributed by atoms with Crippen molar-refractivity contribution in [1.82, 2.24) is 0 Å². The summed E-state index contributed by atoms with van der Waals surface area (Å²) in [5.41, 5.74) is 0.567. The molecule has 1 aliphatic heterocycles. The third-order valence-corrected chi connectivity index (χ3v) is 2.80. The van der Waals surface area contributed by atoms with Gasteiger partial charge in [0.25, 0.3) is 0 Å². The summed E-state index contributed by atoms with van der Waals surface area (Å²) in [6, 6.07) is 4.08. The van der Waals surface area contributed by atoms with E-state index in [-0.39, 0.29) is 11.3 Å². The highest BCUT2D eigenvalue weighted by Gasteiger charge is 2.30. The quantitative estimate of drug-likeness (QED) is 0.745. The maximum absolute atomic E-state index is 13.0. The van der Waals surface area contributed by atoms with Crippen molar-refractivity contribution in [2.24, 2.45) is 0 Å². The van der Waals surface area contributed by atoms with Gasteiger partial charge in [-0.05, 0) is 12.1 Å². The van der Waals surface area contributed by atoms with Gasteiger partial charge in [0.1, 0.15) is 11.6 Å². The Bertz CT molecular complexity index is 424. The van der Waals surface area contributed by atoms with Gasteiger partial charge in [-0.1, -0.05) is 0 Å². The highest BCUT2D eigenvalue weighted by atomic mass is 35.5. The van der Waals surface area contributed by atoms with Crippen LogP contribution in [0.2, 0.25) is 0 Å². The Morgan fingerprint density at radius 2 is 2.31 bits per heavy atom. The van der Waals surface area contributed by atoms with Crippen LogP contribution >= 0.6 is 11.6 Å². The van der Waals surface area contributed by atoms with Crippen LogP contribution in [-0.4, -0.2) is 24.9 Å². The number of carbonyl (C=O) groups excluding carboxylic acids is 1. The summed E-state index contributed by atoms with van der Waals surface area (Å²) < 4.78 is 18.0. The predicted octanol–water partition coefficient (Wildman–Crippen LogP) is 2.18. The number of alkyl halides is 1. The first-order chi connectivity index (χ1) is 7.61. The van der Waals surface area contributed by atoms with E-state index in [0.29, 0.717) is 24.4 Å². The van der Waals surface area contributed by atoms with Gasteiger partial charge in [-0.25, -0.2) is 4.39 Å². The summed E-state index contributed by atoms with van der Waals surface area (Å²) in [5, 5.41) is -0.192. The molecule has 0 aromatic heterocycles. The van der Waals surface area contributed by atoms with Gasteiger partial charge in [-0.15, -0.1) is 11.6 Å². The molecule has 1 aromatic carbocycles. The standard InChI is InChI=1S/C11H11ClFNO2/c1-16-10-5-8(13)2-3-9(10)14-6-7(12)4-11(14)15/h2-3,5,7H,4,6H2,1H3. The fraction of sp³-hybridized carbons (Fsp3) is 0.364. The van der Waals surface area contributed by atoms with E-state index in [2.05, 4.69) is 0 Å². The summed E-state index contributed by atoms with van der Waals surface area (Å²) in [4.78, 5) is 13.2. The van der Waals surface area contributed by atoms with E-state index in [1.165, 1.54) is 30.2 Å². The molecule has 0 spiro atoms. The average Bonchev–Trinajstić information content (AvgIpc) is 2.57. The normalized spacial score (nSPS) is 20.3. The highest BCUT2D eigenvalue weighted by molar-refractivity contribution is 6.24. The Morgan fingerprint density at radius 3 is 2.88 bits per heavy atom. The zero-order valence-electron chi connectivity index (χ0n) is 8.74. The largest absolute Gasteiger partial charge is 0.494 e. The number of carbonyl (C=O) groups is 1. The van der Waals surface area contributed by atoms with Crippen LogP contribution < -0.4 is 9.64 Å². The van der Waals surface area contributed by atoms with Gasteiger partial charge >= 0.3 is 0 Å². The average molecular weight is 244 g/mol. The van der Waals surface area contributed by atoms with Crippen LogP contribution in [0, 0.1) is 5.82 Å². The Kier molecular flexibility index (Phi) is 3.01. The first-order valence-electron chi connectivity index (χ1n) is 4.90. The van der Waals surface area contributed by atoms with Crippen molar-refractivity contribution in [2.45, 2.75) is 11.8 Å². The minimum atomic E-state index is -0.394. The second-order valence-corrected chi connectivity index (χ2v) is 4.24. The summed E-state index contributed by atoms with van der Waals surface area (Å²) in [6.45, 7) is 0.433. The molecule has 0 aliphatic carbocycles. The van der Waals surface area contributed by atoms with E-state index in [9.17, 15) is 9.18 Å². The Hall–Kier alpha value is -1.29. The Labute approximate surface area is 97.8 Å². The monoisotopic (exact) mass is 243 g/mol. The molecule has 1 heterocycles. The lowest BCUT2D eigenvalue weighted by Gasteiger charge is -2.18. The van der Waals surface area contributed by atoms with Crippen molar-refractivity contribution in [1.29, 1.82) is 0 Å². The molecule has 0 radical (unpaired) electrons. The molecule has 1 unspecified atom stereocenters. The summed E-state index contributed by atoms with van der Waals surface area (Å²) in [5.74, 6) is -0.112. The summed E-state index contributed by atoms with van der Waals surface area (Å²) >= 11 is 5.90. The van der Waals surface area contributed by atoms with Gasteiger partial charge in [0, 0.05) is 19.0 Å². The van der Waals surface area contributed by atoms with E-state index in [1.807, 2.05) is 0 Å². The maximum atomic E-state index is 13.0. The van der Waals surface area contributed by atoms with Gasteiger partial charge in [0.15, 0.2) is 0 Å². The number of hydrogen-bond donors (Lipinski definition) is 0. The van der Waals surface area contributed by atoms with Crippen LogP contribution in [0.25, 0.3) is 0 Å². The van der Waals surface area contributed by atoms with Crippen LogP contribution in [0.4, 0.5) is 10.1 Å². The second kappa shape index (κ2) is 4.29. The van der Waals surface area contributed by atoms with Crippen molar-refractivity contribution in [3.63, 3.8) is 0 Å². The van der Waals surface area contributed by atoms with Crippen molar-refractivity contribution >= 4 is 23.2 Å². The zero-order valence-corrected chi connectivity index (χ0v) is 9.50. The zero-order chi connectivity index (χ0) is 11.7. The second-order valence-electron chi connectivity index (χ2n) is 3.62. The third kappa shape index (κ3) is 1.97. The van der Waals surface area contributed by atoms with Gasteiger partial charge in [-0.3, -0.25) is 4.79 Å². The van der Waals surface area contributed by atoms with Crippen molar-refractivity contribution in [2.75, 3.05) is 18.6 Å². The van der Waals surface area contributed by atoms with Crippen molar-refractivity contribution in [3.05, 3.63) is 24.0 Å². The van der Waals surface area contributed by atoms with E-state index >= 15 is 0 Å². The molecule has 16 heavy (non-hydrogen) atoms. The van der Waals surface area contributed by atoms with Gasteiger partial charge in [0.05, 0.1) is 18.2 Å². The molecule has 1 amide bonds. The van der Waals surface area contributed by atoms with Crippen LogP contribution in [-0.2, 0) is 4.79 Å². The molecule has 3 nitrogen and oxygen atoms in total. The number of benzene rings is 1. The lowest BCUT2D eigenvalue weighted by molar-refractivity contribution is -0.117. The third-order valence-electron chi connectivity index (χ3n) is 2.51. The van der Waals surface area contributed by atoms with Crippen molar-refractivity contribution in [3.8, 4) is 5.75 Å². The van der Waals surface area contributed by atoms with Crippen LogP contribution in [0.5, 0.6) is 5.75 Å². The molecule has 86 valence electrons. The number of rotatable bonds is 2. The van der Waals surface area contributed by atoms with Gasteiger partial charge in [0.2, 0.25) is 5.91 Å². The smallest absolute Gasteiger partial charge is 0.228 e. The number of amides is 1. The van der Waals surface area contributed by atoms with Crippen LogP contribution in [0.1, 0.15) is 6.42 Å². The molecule has 2 rings (SSSR count). The fourth-order valence-corrected chi connectivity index (χ4v) is 2.04. The van der Waals surface area contributed by atoms with E-state index in [4.69, 9.17) is 16.3 Å². The summed E-state index contributed by atoms with van der Waals surface area (Å²) in [6.07, 6.45) is 0.308. The topological polar surface area (TPSA) is 29.5 Å². The fourth-order valence-electron chi connectivity index (χ4n) is 1.77. The van der Waals surface area contributed by atoms with E-state index in [1.54, 1.807) is 0 Å². The molecule has 0 saturated carbocycles. The molecular formula is C11H11ClFNO2. The van der Waals surface area contributed by atoms with E-state index in [0.717, 1.165) is 0 Å². The van der Waals surface area contributed by atoms with Gasteiger partial charge < -0.3 is 9.64 Å². The molecule has 1 saturated heterocycles. The first kappa shape index (κ1) is 11.2. The van der Waals surface area contributed by atoms with Crippen LogP contribution in [0.3, 0.4) is 0 Å². The lowest BCUT2D eigenvalue weighted by atomic mass is 10.2. The number of halogens is 2. The molecule has 1 fully saturated rings. The minimum absolute atomic E-state index is 0.0649. The maximum Gasteiger partial charge on any atom is 0.228 e. The molecule has 1 aliphatic rings. The molecule has 5 heteroatoms. The molecule has 1 aromatic rings. The Morgan fingerprint density at radius 1 is 1.56 bits per heavy atom.